The van der Waals surface area contributed by atoms with Gasteiger partial charge in [0.25, 0.3) is 0 Å². The second-order valence-electron chi connectivity index (χ2n) is 3.02. The fraction of sp³-hybridized carbons (Fsp3) is 0.333. The van der Waals surface area contributed by atoms with Crippen molar-refractivity contribution in [2.45, 2.75) is 6.54 Å². The number of halogens is 1. The lowest BCUT2D eigenvalue weighted by Crippen LogP contribution is -2.29. The van der Waals surface area contributed by atoms with Gasteiger partial charge in [-0.1, -0.05) is 34.1 Å². The second kappa shape index (κ2) is 5.60. The van der Waals surface area contributed by atoms with Crippen molar-refractivity contribution in [1.82, 2.24) is 4.72 Å². The van der Waals surface area contributed by atoms with Crippen molar-refractivity contribution >= 4 is 26.0 Å². The smallest absolute Gasteiger partial charge is 0.213 e. The first kappa shape index (κ1) is 12.6. The summed E-state index contributed by atoms with van der Waals surface area (Å²) in [5, 5.41) is 0. The minimum atomic E-state index is -3.24. The Kier molecular flexibility index (Phi) is 4.72. The maximum Gasteiger partial charge on any atom is 0.213 e. The van der Waals surface area contributed by atoms with E-state index in [9.17, 15) is 8.42 Å². The molecule has 0 unspecified atom stereocenters. The van der Waals surface area contributed by atoms with Crippen molar-refractivity contribution in [3.05, 3.63) is 34.3 Å². The fourth-order valence-corrected chi connectivity index (χ4v) is 2.31. The molecule has 0 fully saturated rings. The lowest BCUT2D eigenvalue weighted by atomic mass is 10.2. The van der Waals surface area contributed by atoms with Gasteiger partial charge in [-0.15, -0.1) is 0 Å². The second-order valence-corrected chi connectivity index (χ2v) is 5.80. The van der Waals surface area contributed by atoms with Gasteiger partial charge in [0.2, 0.25) is 10.0 Å². The first-order valence-electron chi connectivity index (χ1n) is 4.46. The van der Waals surface area contributed by atoms with E-state index in [-0.39, 0.29) is 18.8 Å². The molecule has 0 heterocycles. The lowest BCUT2D eigenvalue weighted by Gasteiger charge is -2.06. The minimum absolute atomic E-state index is 0.0442. The zero-order valence-corrected chi connectivity index (χ0v) is 10.5. The van der Waals surface area contributed by atoms with E-state index < -0.39 is 10.0 Å². The molecule has 0 radical (unpaired) electrons. The van der Waals surface area contributed by atoms with Gasteiger partial charge in [-0.3, -0.25) is 0 Å². The summed E-state index contributed by atoms with van der Waals surface area (Å²) in [6, 6.07) is 7.46. The Hall–Kier alpha value is -0.430. The van der Waals surface area contributed by atoms with E-state index in [4.69, 9.17) is 5.73 Å². The molecule has 0 saturated heterocycles. The Morgan fingerprint density at radius 1 is 1.33 bits per heavy atom. The third kappa shape index (κ3) is 4.29. The average Bonchev–Trinajstić information content (AvgIpc) is 2.16. The highest BCUT2D eigenvalue weighted by Gasteiger charge is 2.08. The summed E-state index contributed by atoms with van der Waals surface area (Å²) in [5.74, 6) is -0.0442. The first-order valence-corrected chi connectivity index (χ1v) is 6.90. The number of benzene rings is 1. The molecule has 0 saturated carbocycles. The van der Waals surface area contributed by atoms with Gasteiger partial charge < -0.3 is 5.73 Å². The van der Waals surface area contributed by atoms with Crippen LogP contribution in [0.25, 0.3) is 0 Å². The fourth-order valence-electron chi connectivity index (χ4n) is 1.06. The molecule has 4 nitrogen and oxygen atoms in total. The minimum Gasteiger partial charge on any atom is -0.329 e. The van der Waals surface area contributed by atoms with Gasteiger partial charge in [-0.2, -0.15) is 0 Å². The summed E-state index contributed by atoms with van der Waals surface area (Å²) in [6.07, 6.45) is 0. The predicted octanol–water partition coefficient (Wildman–Crippen LogP) is 0.827. The molecule has 1 rings (SSSR count). The Morgan fingerprint density at radius 2 is 2.00 bits per heavy atom. The van der Waals surface area contributed by atoms with Gasteiger partial charge in [0.05, 0.1) is 5.75 Å². The highest BCUT2D eigenvalue weighted by atomic mass is 79.9. The van der Waals surface area contributed by atoms with Gasteiger partial charge >= 0.3 is 0 Å². The van der Waals surface area contributed by atoms with Crippen LogP contribution in [0.15, 0.2) is 28.7 Å². The zero-order valence-electron chi connectivity index (χ0n) is 8.11. The highest BCUT2D eigenvalue weighted by Crippen LogP contribution is 2.15. The van der Waals surface area contributed by atoms with Crippen molar-refractivity contribution in [3.63, 3.8) is 0 Å². The van der Waals surface area contributed by atoms with Crippen LogP contribution in [0.5, 0.6) is 0 Å². The normalized spacial score (nSPS) is 11.6. The van der Waals surface area contributed by atoms with E-state index in [1.54, 1.807) is 0 Å². The van der Waals surface area contributed by atoms with Gasteiger partial charge in [0.1, 0.15) is 0 Å². The number of hydrogen-bond donors (Lipinski definition) is 2. The maximum absolute atomic E-state index is 11.3. The summed E-state index contributed by atoms with van der Waals surface area (Å²) in [7, 11) is -3.24. The summed E-state index contributed by atoms with van der Waals surface area (Å²) in [4.78, 5) is 0. The Labute approximate surface area is 98.0 Å². The quantitative estimate of drug-likeness (QED) is 0.844. The highest BCUT2D eigenvalue weighted by molar-refractivity contribution is 9.10. The van der Waals surface area contributed by atoms with E-state index in [1.807, 2.05) is 24.3 Å². The zero-order chi connectivity index (χ0) is 11.3. The van der Waals surface area contributed by atoms with Crippen LogP contribution in [0.3, 0.4) is 0 Å². The molecule has 6 heteroatoms. The molecule has 0 aliphatic carbocycles. The van der Waals surface area contributed by atoms with Crippen LogP contribution in [0.4, 0.5) is 0 Å². The number of nitrogens with two attached hydrogens (primary N) is 1. The standard InChI is InChI=1S/C9H13BrN2O2S/c10-9-4-2-1-3-8(9)7-12-15(13,14)6-5-11/h1-4,12H,5-7,11H2. The summed E-state index contributed by atoms with van der Waals surface area (Å²) < 4.78 is 26.0. The lowest BCUT2D eigenvalue weighted by molar-refractivity contribution is 0.581. The maximum atomic E-state index is 11.3. The molecule has 0 atom stereocenters. The molecule has 0 bridgehead atoms. The summed E-state index contributed by atoms with van der Waals surface area (Å²) in [5.41, 5.74) is 6.09. The van der Waals surface area contributed by atoms with E-state index in [2.05, 4.69) is 20.7 Å². The van der Waals surface area contributed by atoms with Crippen LogP contribution in [0.1, 0.15) is 5.56 Å². The molecule has 0 amide bonds. The monoisotopic (exact) mass is 292 g/mol. The molecule has 15 heavy (non-hydrogen) atoms. The van der Waals surface area contributed by atoms with Gasteiger partial charge in [-0.05, 0) is 11.6 Å². The average molecular weight is 293 g/mol. The summed E-state index contributed by atoms with van der Waals surface area (Å²) in [6.45, 7) is 0.412. The molecule has 0 aliphatic heterocycles. The van der Waals surface area contributed by atoms with Crippen molar-refractivity contribution < 1.29 is 8.42 Å². The van der Waals surface area contributed by atoms with Crippen molar-refractivity contribution in [1.29, 1.82) is 0 Å². The molecular weight excluding hydrogens is 280 g/mol. The Morgan fingerprint density at radius 3 is 2.60 bits per heavy atom. The Bertz CT molecular complexity index is 420. The van der Waals surface area contributed by atoms with E-state index in [1.165, 1.54) is 0 Å². The third-order valence-electron chi connectivity index (χ3n) is 1.83. The van der Waals surface area contributed by atoms with Crippen LogP contribution in [0.2, 0.25) is 0 Å². The topological polar surface area (TPSA) is 72.2 Å². The van der Waals surface area contributed by atoms with Crippen molar-refractivity contribution in [2.24, 2.45) is 5.73 Å². The third-order valence-corrected chi connectivity index (χ3v) is 3.96. The van der Waals surface area contributed by atoms with Gasteiger partial charge in [-0.25, -0.2) is 13.1 Å². The predicted molar refractivity (Wildman–Crippen MR) is 63.8 cm³/mol. The van der Waals surface area contributed by atoms with Crippen LogP contribution >= 0.6 is 15.9 Å². The van der Waals surface area contributed by atoms with Gasteiger partial charge in [0, 0.05) is 17.6 Å². The van der Waals surface area contributed by atoms with Crippen LogP contribution < -0.4 is 10.5 Å². The van der Waals surface area contributed by atoms with Crippen LogP contribution in [-0.4, -0.2) is 20.7 Å². The largest absolute Gasteiger partial charge is 0.329 e. The molecule has 0 spiro atoms. The molecule has 3 N–H and O–H groups in total. The molecular formula is C9H13BrN2O2S. The number of rotatable bonds is 5. The molecule has 1 aromatic carbocycles. The SMILES string of the molecule is NCCS(=O)(=O)NCc1ccccc1Br. The van der Waals surface area contributed by atoms with Gasteiger partial charge in [0.15, 0.2) is 0 Å². The number of hydrogen-bond acceptors (Lipinski definition) is 3. The van der Waals surface area contributed by atoms with Crippen molar-refractivity contribution in [3.8, 4) is 0 Å². The van der Waals surface area contributed by atoms with Crippen LogP contribution in [-0.2, 0) is 16.6 Å². The molecule has 1 aromatic rings. The Balaban J connectivity index is 2.62. The summed E-state index contributed by atoms with van der Waals surface area (Å²) >= 11 is 3.34. The molecule has 0 aliphatic rings. The number of sulfonamides is 1. The van der Waals surface area contributed by atoms with Crippen LogP contribution in [0, 0.1) is 0 Å². The van der Waals surface area contributed by atoms with E-state index in [0.29, 0.717) is 0 Å². The first-order chi connectivity index (χ1) is 7.05. The molecule has 84 valence electrons. The van der Waals surface area contributed by atoms with E-state index >= 15 is 0 Å². The molecule has 0 aromatic heterocycles. The van der Waals surface area contributed by atoms with E-state index in [0.717, 1.165) is 10.0 Å². The van der Waals surface area contributed by atoms with Crippen molar-refractivity contribution in [2.75, 3.05) is 12.3 Å². The number of nitrogens with one attached hydrogen (secondary N) is 1.